The summed E-state index contributed by atoms with van der Waals surface area (Å²) in [5, 5.41) is 0.721. The quantitative estimate of drug-likeness (QED) is 0.835. The predicted molar refractivity (Wildman–Crippen MR) is 77.9 cm³/mol. The van der Waals surface area contributed by atoms with Crippen molar-refractivity contribution in [3.63, 3.8) is 0 Å². The molecule has 0 aliphatic heterocycles. The Morgan fingerprint density at radius 3 is 2.50 bits per heavy atom. The molecule has 0 amide bonds. The highest BCUT2D eigenvalue weighted by molar-refractivity contribution is 6.30. The molecule has 0 bridgehead atoms. The zero-order chi connectivity index (χ0) is 13.8. The third-order valence-corrected chi connectivity index (χ3v) is 3.57. The van der Waals surface area contributed by atoms with Crippen LogP contribution in [-0.2, 0) is 4.74 Å². The highest BCUT2D eigenvalue weighted by atomic mass is 35.5. The molecule has 2 unspecified atom stereocenters. The molecular formula is C15H24ClNO. The molecular weight excluding hydrogens is 246 g/mol. The van der Waals surface area contributed by atoms with Crippen LogP contribution in [0.3, 0.4) is 0 Å². The van der Waals surface area contributed by atoms with Gasteiger partial charge in [-0.25, -0.2) is 0 Å². The number of benzene rings is 1. The first-order valence-corrected chi connectivity index (χ1v) is 6.96. The molecule has 0 heterocycles. The van der Waals surface area contributed by atoms with Crippen molar-refractivity contribution < 1.29 is 4.74 Å². The summed E-state index contributed by atoms with van der Waals surface area (Å²) in [6.07, 6.45) is 1.71. The van der Waals surface area contributed by atoms with Gasteiger partial charge >= 0.3 is 0 Å². The maximum absolute atomic E-state index is 6.20. The van der Waals surface area contributed by atoms with Crippen molar-refractivity contribution in [1.82, 2.24) is 0 Å². The van der Waals surface area contributed by atoms with E-state index in [2.05, 4.69) is 27.7 Å². The molecule has 0 saturated carbocycles. The second kappa shape index (κ2) is 6.55. The second-order valence-electron chi connectivity index (χ2n) is 5.28. The van der Waals surface area contributed by atoms with Gasteiger partial charge in [0, 0.05) is 11.1 Å². The molecule has 3 heteroatoms. The summed E-state index contributed by atoms with van der Waals surface area (Å²) in [6, 6.07) is 7.75. The average molecular weight is 270 g/mol. The van der Waals surface area contributed by atoms with Gasteiger partial charge < -0.3 is 10.5 Å². The van der Waals surface area contributed by atoms with Crippen molar-refractivity contribution in [3.8, 4) is 0 Å². The van der Waals surface area contributed by atoms with E-state index in [9.17, 15) is 0 Å². The van der Waals surface area contributed by atoms with E-state index in [1.54, 1.807) is 0 Å². The Kier molecular flexibility index (Phi) is 5.64. The van der Waals surface area contributed by atoms with Gasteiger partial charge in [0.05, 0.1) is 11.7 Å². The number of rotatable bonds is 6. The SMILES string of the molecule is CCC(N)C(OC(C)(C)CC)c1cccc(Cl)c1. The van der Waals surface area contributed by atoms with E-state index in [4.69, 9.17) is 22.1 Å². The van der Waals surface area contributed by atoms with E-state index in [0.29, 0.717) is 0 Å². The van der Waals surface area contributed by atoms with Gasteiger partial charge in [-0.2, -0.15) is 0 Å². The molecule has 1 rings (SSSR count). The van der Waals surface area contributed by atoms with Crippen LogP contribution >= 0.6 is 11.6 Å². The van der Waals surface area contributed by atoms with Gasteiger partial charge in [0.25, 0.3) is 0 Å². The summed E-state index contributed by atoms with van der Waals surface area (Å²) in [5.74, 6) is 0. The molecule has 1 aromatic carbocycles. The fourth-order valence-corrected chi connectivity index (χ4v) is 1.93. The van der Waals surface area contributed by atoms with Crippen LogP contribution in [0.2, 0.25) is 5.02 Å². The summed E-state index contributed by atoms with van der Waals surface area (Å²) < 4.78 is 6.20. The minimum absolute atomic E-state index is 0.0192. The summed E-state index contributed by atoms with van der Waals surface area (Å²) in [7, 11) is 0. The third-order valence-electron chi connectivity index (χ3n) is 3.33. The lowest BCUT2D eigenvalue weighted by atomic mass is 9.98. The van der Waals surface area contributed by atoms with Gasteiger partial charge in [0.15, 0.2) is 0 Å². The lowest BCUT2D eigenvalue weighted by molar-refractivity contribution is -0.0858. The van der Waals surface area contributed by atoms with Crippen LogP contribution in [0.5, 0.6) is 0 Å². The highest BCUT2D eigenvalue weighted by Gasteiger charge is 2.27. The lowest BCUT2D eigenvalue weighted by Crippen LogP contribution is -2.36. The van der Waals surface area contributed by atoms with Crippen LogP contribution in [0.15, 0.2) is 24.3 Å². The first-order valence-electron chi connectivity index (χ1n) is 6.58. The Bertz CT molecular complexity index is 379. The van der Waals surface area contributed by atoms with Crippen LogP contribution in [0.25, 0.3) is 0 Å². The van der Waals surface area contributed by atoms with Crippen molar-refractivity contribution in [2.45, 2.75) is 58.3 Å². The van der Waals surface area contributed by atoms with Crippen LogP contribution < -0.4 is 5.73 Å². The average Bonchev–Trinajstić information content (AvgIpc) is 2.35. The van der Waals surface area contributed by atoms with Crippen LogP contribution in [-0.4, -0.2) is 11.6 Å². The molecule has 0 aliphatic rings. The summed E-state index contributed by atoms with van der Waals surface area (Å²) >= 11 is 6.05. The second-order valence-corrected chi connectivity index (χ2v) is 5.72. The van der Waals surface area contributed by atoms with Crippen molar-refractivity contribution >= 4 is 11.6 Å². The number of ether oxygens (including phenoxy) is 1. The first kappa shape index (κ1) is 15.5. The largest absolute Gasteiger partial charge is 0.366 e. The summed E-state index contributed by atoms with van der Waals surface area (Å²) in [6.45, 7) is 8.37. The normalized spacial score (nSPS) is 15.4. The summed E-state index contributed by atoms with van der Waals surface area (Å²) in [4.78, 5) is 0. The number of halogens is 1. The fourth-order valence-electron chi connectivity index (χ4n) is 1.73. The van der Waals surface area contributed by atoms with Crippen LogP contribution in [0.4, 0.5) is 0 Å². The third kappa shape index (κ3) is 4.27. The lowest BCUT2D eigenvalue weighted by Gasteiger charge is -2.33. The molecule has 2 atom stereocenters. The van der Waals surface area contributed by atoms with E-state index < -0.39 is 0 Å². The molecule has 0 radical (unpaired) electrons. The molecule has 2 nitrogen and oxygen atoms in total. The van der Waals surface area contributed by atoms with E-state index in [-0.39, 0.29) is 17.7 Å². The Balaban J connectivity index is 2.99. The van der Waals surface area contributed by atoms with E-state index in [1.807, 2.05) is 24.3 Å². The first-order chi connectivity index (χ1) is 8.39. The molecule has 0 aliphatic carbocycles. The molecule has 2 N–H and O–H groups in total. The van der Waals surface area contributed by atoms with Crippen molar-refractivity contribution in [1.29, 1.82) is 0 Å². The zero-order valence-corrected chi connectivity index (χ0v) is 12.5. The van der Waals surface area contributed by atoms with E-state index >= 15 is 0 Å². The number of hydrogen-bond donors (Lipinski definition) is 1. The fraction of sp³-hybridized carbons (Fsp3) is 0.600. The minimum atomic E-state index is -0.181. The molecule has 0 aromatic heterocycles. The topological polar surface area (TPSA) is 35.2 Å². The summed E-state index contributed by atoms with van der Waals surface area (Å²) in [5.41, 5.74) is 7.07. The van der Waals surface area contributed by atoms with Crippen LogP contribution in [0.1, 0.15) is 52.2 Å². The Hall–Kier alpha value is -0.570. The molecule has 1 aromatic rings. The van der Waals surface area contributed by atoms with Gasteiger partial charge in [0.2, 0.25) is 0 Å². The monoisotopic (exact) mass is 269 g/mol. The van der Waals surface area contributed by atoms with Crippen molar-refractivity contribution in [2.24, 2.45) is 5.73 Å². The molecule has 0 saturated heterocycles. The van der Waals surface area contributed by atoms with Gasteiger partial charge in [0.1, 0.15) is 0 Å². The van der Waals surface area contributed by atoms with E-state index in [0.717, 1.165) is 23.4 Å². The van der Waals surface area contributed by atoms with Gasteiger partial charge in [-0.3, -0.25) is 0 Å². The smallest absolute Gasteiger partial charge is 0.0983 e. The Morgan fingerprint density at radius 2 is 2.00 bits per heavy atom. The Labute approximate surface area is 115 Å². The van der Waals surface area contributed by atoms with Crippen molar-refractivity contribution in [3.05, 3.63) is 34.9 Å². The maximum atomic E-state index is 6.20. The molecule has 102 valence electrons. The maximum Gasteiger partial charge on any atom is 0.0983 e. The zero-order valence-electron chi connectivity index (χ0n) is 11.7. The number of hydrogen-bond acceptors (Lipinski definition) is 2. The van der Waals surface area contributed by atoms with Gasteiger partial charge in [-0.15, -0.1) is 0 Å². The van der Waals surface area contributed by atoms with Gasteiger partial charge in [-0.1, -0.05) is 37.6 Å². The van der Waals surface area contributed by atoms with Crippen LogP contribution in [0, 0.1) is 0 Å². The van der Waals surface area contributed by atoms with Crippen molar-refractivity contribution in [2.75, 3.05) is 0 Å². The standard InChI is InChI=1S/C15H24ClNO/c1-5-13(17)14(18-15(3,4)6-2)11-8-7-9-12(16)10-11/h7-10,13-14H,5-6,17H2,1-4H3. The highest BCUT2D eigenvalue weighted by Crippen LogP contribution is 2.30. The number of nitrogens with two attached hydrogens (primary N) is 1. The predicted octanol–water partition coefficient (Wildman–Crippen LogP) is 4.32. The van der Waals surface area contributed by atoms with Gasteiger partial charge in [-0.05, 0) is 44.4 Å². The minimum Gasteiger partial charge on any atom is -0.366 e. The van der Waals surface area contributed by atoms with E-state index in [1.165, 1.54) is 0 Å². The molecule has 0 fully saturated rings. The molecule has 18 heavy (non-hydrogen) atoms. The Morgan fingerprint density at radius 1 is 1.33 bits per heavy atom. The molecule has 0 spiro atoms.